The van der Waals surface area contributed by atoms with Gasteiger partial charge in [-0.15, -0.1) is 11.3 Å². The maximum atomic E-state index is 9.78. The van der Waals surface area contributed by atoms with Crippen LogP contribution in [0.2, 0.25) is 0 Å². The molecule has 3 aromatic heterocycles. The fourth-order valence-electron chi connectivity index (χ4n) is 3.23. The minimum atomic E-state index is -0.386. The lowest BCUT2D eigenvalue weighted by atomic mass is 9.89. The Kier molecular flexibility index (Phi) is 3.69. The van der Waals surface area contributed by atoms with E-state index in [0.717, 1.165) is 28.7 Å². The van der Waals surface area contributed by atoms with Gasteiger partial charge in [-0.1, -0.05) is 13.8 Å². The largest absolute Gasteiger partial charge is 0.391 e. The fraction of sp³-hybridized carbons (Fsp3) is 0.562. The van der Waals surface area contributed by atoms with Gasteiger partial charge >= 0.3 is 0 Å². The van der Waals surface area contributed by atoms with E-state index in [4.69, 9.17) is 4.98 Å². The Hall–Kier alpha value is -1.73. The Morgan fingerprint density at radius 3 is 3.22 bits per heavy atom. The standard InChI is InChI=1S/C16H21N5OS/c1-3-10(22)7-17-16-20-15-13(14-18-8-19-21(14)16)11-6-9(2)4-5-12(11)23-15/h8-10,22H,3-7H2,1-2H3,(H,17,20)/t9-,10-/m0/s1. The first-order valence-corrected chi connectivity index (χ1v) is 9.05. The lowest BCUT2D eigenvalue weighted by Gasteiger charge is -2.18. The molecule has 4 rings (SSSR count). The highest BCUT2D eigenvalue weighted by Gasteiger charge is 2.24. The lowest BCUT2D eigenvalue weighted by Crippen LogP contribution is -2.20. The number of aliphatic hydroxyl groups is 1. The molecule has 0 spiro atoms. The highest BCUT2D eigenvalue weighted by atomic mass is 32.1. The Balaban J connectivity index is 1.84. The van der Waals surface area contributed by atoms with Crippen LogP contribution in [-0.2, 0) is 12.8 Å². The van der Waals surface area contributed by atoms with Crippen LogP contribution < -0.4 is 5.32 Å². The van der Waals surface area contributed by atoms with Crippen molar-refractivity contribution < 1.29 is 5.11 Å². The van der Waals surface area contributed by atoms with Gasteiger partial charge in [0, 0.05) is 11.4 Å². The number of fused-ring (bicyclic) bond motifs is 5. The second-order valence-electron chi connectivity index (χ2n) is 6.41. The monoisotopic (exact) mass is 331 g/mol. The van der Waals surface area contributed by atoms with E-state index in [1.54, 1.807) is 22.2 Å². The molecule has 1 aliphatic carbocycles. The summed E-state index contributed by atoms with van der Waals surface area (Å²) in [6.45, 7) is 4.73. The summed E-state index contributed by atoms with van der Waals surface area (Å²) in [6, 6.07) is 0. The molecule has 0 amide bonds. The third-order valence-electron chi connectivity index (χ3n) is 4.64. The van der Waals surface area contributed by atoms with Crippen LogP contribution in [-0.4, -0.2) is 37.3 Å². The molecule has 2 N–H and O–H groups in total. The van der Waals surface area contributed by atoms with E-state index in [1.807, 2.05) is 6.92 Å². The van der Waals surface area contributed by atoms with Crippen molar-refractivity contribution in [2.75, 3.05) is 11.9 Å². The first-order valence-electron chi connectivity index (χ1n) is 8.23. The summed E-state index contributed by atoms with van der Waals surface area (Å²) in [4.78, 5) is 11.7. The van der Waals surface area contributed by atoms with E-state index in [9.17, 15) is 5.11 Å². The Bertz CT molecular complexity index is 855. The van der Waals surface area contributed by atoms with Crippen molar-refractivity contribution in [2.45, 2.75) is 45.6 Å². The Labute approximate surface area is 138 Å². The van der Waals surface area contributed by atoms with Crippen molar-refractivity contribution in [3.63, 3.8) is 0 Å². The number of anilines is 1. The minimum Gasteiger partial charge on any atom is -0.391 e. The number of nitrogens with zero attached hydrogens (tertiary/aromatic N) is 4. The van der Waals surface area contributed by atoms with E-state index in [2.05, 4.69) is 22.3 Å². The molecule has 3 aromatic rings. The predicted octanol–water partition coefficient (Wildman–Crippen LogP) is 2.65. The average Bonchev–Trinajstić information content (AvgIpc) is 3.15. The molecule has 122 valence electrons. The van der Waals surface area contributed by atoms with Gasteiger partial charge in [0.2, 0.25) is 5.95 Å². The first-order chi connectivity index (χ1) is 11.2. The zero-order valence-electron chi connectivity index (χ0n) is 13.4. The number of aliphatic hydroxyl groups excluding tert-OH is 1. The Morgan fingerprint density at radius 1 is 1.52 bits per heavy atom. The van der Waals surface area contributed by atoms with E-state index in [-0.39, 0.29) is 6.10 Å². The summed E-state index contributed by atoms with van der Waals surface area (Å²) in [6.07, 6.45) is 5.38. The maximum absolute atomic E-state index is 9.78. The molecule has 3 heterocycles. The summed E-state index contributed by atoms with van der Waals surface area (Å²) in [7, 11) is 0. The lowest BCUT2D eigenvalue weighted by molar-refractivity contribution is 0.183. The van der Waals surface area contributed by atoms with Crippen molar-refractivity contribution in [1.29, 1.82) is 0 Å². The first kappa shape index (κ1) is 14.8. The Morgan fingerprint density at radius 2 is 2.39 bits per heavy atom. The summed E-state index contributed by atoms with van der Waals surface area (Å²) < 4.78 is 1.76. The van der Waals surface area contributed by atoms with E-state index < -0.39 is 0 Å². The van der Waals surface area contributed by atoms with Crippen LogP contribution >= 0.6 is 11.3 Å². The van der Waals surface area contributed by atoms with E-state index in [0.29, 0.717) is 24.8 Å². The van der Waals surface area contributed by atoms with Crippen LogP contribution in [0.5, 0.6) is 0 Å². The zero-order valence-corrected chi connectivity index (χ0v) is 14.2. The molecule has 0 bridgehead atoms. The van der Waals surface area contributed by atoms with Crippen molar-refractivity contribution >= 4 is 33.1 Å². The highest BCUT2D eigenvalue weighted by Crippen LogP contribution is 2.39. The third-order valence-corrected chi connectivity index (χ3v) is 5.82. The van der Waals surface area contributed by atoms with Crippen LogP contribution in [0.3, 0.4) is 0 Å². The van der Waals surface area contributed by atoms with Gasteiger partial charge in [0.05, 0.1) is 11.5 Å². The highest BCUT2D eigenvalue weighted by molar-refractivity contribution is 7.19. The summed E-state index contributed by atoms with van der Waals surface area (Å²) in [5, 5.41) is 18.5. The topological polar surface area (TPSA) is 75.3 Å². The fourth-order valence-corrected chi connectivity index (χ4v) is 4.44. The van der Waals surface area contributed by atoms with Gasteiger partial charge in [0.1, 0.15) is 11.2 Å². The predicted molar refractivity (Wildman–Crippen MR) is 92.1 cm³/mol. The number of nitrogens with one attached hydrogen (secondary N) is 1. The summed E-state index contributed by atoms with van der Waals surface area (Å²) in [5.41, 5.74) is 2.28. The molecular weight excluding hydrogens is 310 g/mol. The zero-order chi connectivity index (χ0) is 16.0. The summed E-state index contributed by atoms with van der Waals surface area (Å²) in [5.74, 6) is 1.37. The number of aryl methyl sites for hydroxylation is 1. The normalized spacial score (nSPS) is 19.2. The minimum absolute atomic E-state index is 0.386. The molecule has 6 nitrogen and oxygen atoms in total. The number of aromatic nitrogens is 4. The molecule has 23 heavy (non-hydrogen) atoms. The second-order valence-corrected chi connectivity index (χ2v) is 7.49. The molecule has 1 aliphatic rings. The molecule has 0 saturated heterocycles. The van der Waals surface area contributed by atoms with Crippen LogP contribution in [0.25, 0.3) is 15.9 Å². The van der Waals surface area contributed by atoms with Crippen LogP contribution in [0.15, 0.2) is 6.33 Å². The van der Waals surface area contributed by atoms with E-state index in [1.165, 1.54) is 16.9 Å². The van der Waals surface area contributed by atoms with Crippen molar-refractivity contribution in [3.05, 3.63) is 16.8 Å². The molecule has 7 heteroatoms. The van der Waals surface area contributed by atoms with Gasteiger partial charge in [-0.2, -0.15) is 9.61 Å². The second kappa shape index (κ2) is 5.72. The molecule has 2 atom stereocenters. The van der Waals surface area contributed by atoms with Crippen molar-refractivity contribution in [2.24, 2.45) is 5.92 Å². The van der Waals surface area contributed by atoms with Crippen molar-refractivity contribution in [1.82, 2.24) is 19.6 Å². The SMILES string of the molecule is CC[C@H](O)CNc1nc2sc3c(c2c2ncnn12)C[C@@H](C)CC3. The summed E-state index contributed by atoms with van der Waals surface area (Å²) >= 11 is 1.78. The van der Waals surface area contributed by atoms with Gasteiger partial charge in [0.25, 0.3) is 0 Å². The van der Waals surface area contributed by atoms with E-state index >= 15 is 0 Å². The van der Waals surface area contributed by atoms with Gasteiger partial charge in [-0.05, 0) is 37.2 Å². The quantitative estimate of drug-likeness (QED) is 0.769. The van der Waals surface area contributed by atoms with Gasteiger partial charge in [0.15, 0.2) is 5.65 Å². The number of rotatable bonds is 4. The molecule has 0 unspecified atom stereocenters. The van der Waals surface area contributed by atoms with Crippen molar-refractivity contribution in [3.8, 4) is 0 Å². The molecule has 0 aromatic carbocycles. The third kappa shape index (κ3) is 2.48. The molecular formula is C16H21N5OS. The average molecular weight is 331 g/mol. The molecule has 0 aliphatic heterocycles. The number of hydrogen-bond donors (Lipinski definition) is 2. The van der Waals surface area contributed by atoms with Crippen LogP contribution in [0, 0.1) is 5.92 Å². The molecule has 0 radical (unpaired) electrons. The smallest absolute Gasteiger partial charge is 0.227 e. The van der Waals surface area contributed by atoms with Gasteiger partial charge in [-0.3, -0.25) is 0 Å². The molecule has 0 fully saturated rings. The number of hydrogen-bond acceptors (Lipinski definition) is 6. The van der Waals surface area contributed by atoms with Crippen LogP contribution in [0.1, 0.15) is 37.1 Å². The van der Waals surface area contributed by atoms with Crippen LogP contribution in [0.4, 0.5) is 5.95 Å². The van der Waals surface area contributed by atoms with Gasteiger partial charge < -0.3 is 10.4 Å². The maximum Gasteiger partial charge on any atom is 0.227 e. The number of thiophene rings is 1. The molecule has 0 saturated carbocycles. The van der Waals surface area contributed by atoms with Gasteiger partial charge in [-0.25, -0.2) is 9.97 Å².